The van der Waals surface area contributed by atoms with Gasteiger partial charge < -0.3 is 9.15 Å². The van der Waals surface area contributed by atoms with Crippen molar-refractivity contribution in [3.05, 3.63) is 70.9 Å². The molecule has 0 atom stereocenters. The van der Waals surface area contributed by atoms with E-state index in [0.29, 0.717) is 23.2 Å². The van der Waals surface area contributed by atoms with Crippen LogP contribution in [0.3, 0.4) is 0 Å². The lowest BCUT2D eigenvalue weighted by atomic mass is 10.3. The van der Waals surface area contributed by atoms with Crippen LogP contribution < -0.4 is 10.3 Å². The number of hydrogen-bond acceptors (Lipinski definition) is 5. The van der Waals surface area contributed by atoms with Gasteiger partial charge in [-0.3, -0.25) is 9.36 Å². The summed E-state index contributed by atoms with van der Waals surface area (Å²) in [6.07, 6.45) is 4.83. The highest BCUT2D eigenvalue weighted by Crippen LogP contribution is 2.13. The standard InChI is InChI=1S/C15H13N3O3/c1-11-17-12(9-20-11)10-21-14-8-13(5-6-16-14)18-7-3-2-4-15(18)19/h2-9H,10H2,1H3. The summed E-state index contributed by atoms with van der Waals surface area (Å²) in [5.41, 5.74) is 1.28. The van der Waals surface area contributed by atoms with Crippen molar-refractivity contribution in [1.29, 1.82) is 0 Å². The van der Waals surface area contributed by atoms with Gasteiger partial charge in [-0.15, -0.1) is 0 Å². The lowest BCUT2D eigenvalue weighted by molar-refractivity contribution is 0.289. The molecule has 3 aromatic rings. The summed E-state index contributed by atoms with van der Waals surface area (Å²) >= 11 is 0. The maximum Gasteiger partial charge on any atom is 0.255 e. The van der Waals surface area contributed by atoms with Crippen molar-refractivity contribution in [2.75, 3.05) is 0 Å². The first-order valence-electron chi connectivity index (χ1n) is 6.40. The van der Waals surface area contributed by atoms with E-state index in [1.54, 1.807) is 49.8 Å². The summed E-state index contributed by atoms with van der Waals surface area (Å²) in [5.74, 6) is 1.01. The third-order valence-corrected chi connectivity index (χ3v) is 2.85. The van der Waals surface area contributed by atoms with Crippen molar-refractivity contribution < 1.29 is 9.15 Å². The Morgan fingerprint density at radius 3 is 3.00 bits per heavy atom. The Labute approximate surface area is 120 Å². The van der Waals surface area contributed by atoms with Gasteiger partial charge in [-0.1, -0.05) is 6.07 Å². The molecule has 106 valence electrons. The monoisotopic (exact) mass is 283 g/mol. The molecule has 0 saturated heterocycles. The van der Waals surface area contributed by atoms with Crippen molar-refractivity contribution in [2.45, 2.75) is 13.5 Å². The fourth-order valence-corrected chi connectivity index (χ4v) is 1.89. The number of rotatable bonds is 4. The third-order valence-electron chi connectivity index (χ3n) is 2.85. The Bertz CT molecular complexity index is 807. The van der Waals surface area contributed by atoms with Crippen LogP contribution in [0.4, 0.5) is 0 Å². The normalized spacial score (nSPS) is 10.5. The van der Waals surface area contributed by atoms with Crippen molar-refractivity contribution in [2.24, 2.45) is 0 Å². The van der Waals surface area contributed by atoms with Crippen LogP contribution in [0, 0.1) is 6.92 Å². The number of ether oxygens (including phenoxy) is 1. The van der Waals surface area contributed by atoms with Crippen LogP contribution in [0.1, 0.15) is 11.6 Å². The molecule has 0 N–H and O–H groups in total. The zero-order valence-electron chi connectivity index (χ0n) is 11.4. The predicted molar refractivity (Wildman–Crippen MR) is 75.4 cm³/mol. The maximum absolute atomic E-state index is 11.8. The Morgan fingerprint density at radius 1 is 1.33 bits per heavy atom. The number of nitrogens with zero attached hydrogens (tertiary/aromatic N) is 3. The van der Waals surface area contributed by atoms with Crippen molar-refractivity contribution in [3.63, 3.8) is 0 Å². The van der Waals surface area contributed by atoms with E-state index in [9.17, 15) is 4.79 Å². The average Bonchev–Trinajstić information content (AvgIpc) is 2.92. The van der Waals surface area contributed by atoms with Crippen LogP contribution >= 0.6 is 0 Å². The molecule has 0 aromatic carbocycles. The molecule has 6 nitrogen and oxygen atoms in total. The van der Waals surface area contributed by atoms with Crippen molar-refractivity contribution in [3.8, 4) is 11.6 Å². The highest BCUT2D eigenvalue weighted by atomic mass is 16.5. The lowest BCUT2D eigenvalue weighted by Crippen LogP contribution is -2.15. The van der Waals surface area contributed by atoms with E-state index in [2.05, 4.69) is 9.97 Å². The van der Waals surface area contributed by atoms with Gasteiger partial charge in [0.1, 0.15) is 18.6 Å². The second kappa shape index (κ2) is 5.62. The van der Waals surface area contributed by atoms with E-state index in [-0.39, 0.29) is 12.2 Å². The minimum atomic E-state index is -0.109. The zero-order valence-corrected chi connectivity index (χ0v) is 11.4. The van der Waals surface area contributed by atoms with Crippen LogP contribution in [0.2, 0.25) is 0 Å². The summed E-state index contributed by atoms with van der Waals surface area (Å²) in [5, 5.41) is 0. The van der Waals surface area contributed by atoms with Crippen LogP contribution in [0.5, 0.6) is 5.88 Å². The van der Waals surface area contributed by atoms with Gasteiger partial charge >= 0.3 is 0 Å². The van der Waals surface area contributed by atoms with Gasteiger partial charge in [-0.05, 0) is 12.1 Å². The summed E-state index contributed by atoms with van der Waals surface area (Å²) in [7, 11) is 0. The van der Waals surface area contributed by atoms with Crippen molar-refractivity contribution in [1.82, 2.24) is 14.5 Å². The van der Waals surface area contributed by atoms with Gasteiger partial charge in [0.2, 0.25) is 5.88 Å². The predicted octanol–water partition coefficient (Wildman–Crippen LogP) is 2.11. The maximum atomic E-state index is 11.8. The van der Waals surface area contributed by atoms with E-state index in [0.717, 1.165) is 0 Å². The van der Waals surface area contributed by atoms with Gasteiger partial charge in [-0.25, -0.2) is 9.97 Å². The topological polar surface area (TPSA) is 70.2 Å². The molecular formula is C15H13N3O3. The largest absolute Gasteiger partial charge is 0.471 e. The second-order valence-electron chi connectivity index (χ2n) is 4.41. The highest BCUT2D eigenvalue weighted by Gasteiger charge is 2.04. The molecule has 0 fully saturated rings. The Kier molecular flexibility index (Phi) is 3.51. The molecular weight excluding hydrogens is 270 g/mol. The molecule has 0 spiro atoms. The molecule has 0 saturated carbocycles. The molecule has 21 heavy (non-hydrogen) atoms. The molecule has 3 rings (SSSR count). The first kappa shape index (κ1) is 13.1. The van der Waals surface area contributed by atoms with E-state index in [1.807, 2.05) is 0 Å². The fraction of sp³-hybridized carbons (Fsp3) is 0.133. The fourth-order valence-electron chi connectivity index (χ4n) is 1.89. The summed E-state index contributed by atoms with van der Waals surface area (Å²) in [6.45, 7) is 2.03. The third kappa shape index (κ3) is 3.00. The molecule has 0 aliphatic heterocycles. The van der Waals surface area contributed by atoms with Crippen molar-refractivity contribution >= 4 is 0 Å². The molecule has 0 bridgehead atoms. The molecule has 6 heteroatoms. The number of hydrogen-bond donors (Lipinski definition) is 0. The average molecular weight is 283 g/mol. The number of pyridine rings is 2. The molecule has 3 heterocycles. The van der Waals surface area contributed by atoms with Gasteiger partial charge in [-0.2, -0.15) is 0 Å². The molecule has 0 aliphatic carbocycles. The van der Waals surface area contributed by atoms with Crippen LogP contribution in [0.15, 0.2) is 58.2 Å². The first-order chi connectivity index (χ1) is 10.2. The molecule has 0 aliphatic rings. The van der Waals surface area contributed by atoms with Crippen LogP contribution in [-0.4, -0.2) is 14.5 Å². The van der Waals surface area contributed by atoms with Crippen LogP contribution in [-0.2, 0) is 6.61 Å². The van der Waals surface area contributed by atoms with Gasteiger partial charge in [0.05, 0.1) is 5.69 Å². The quantitative estimate of drug-likeness (QED) is 0.733. The molecule has 0 amide bonds. The number of aromatic nitrogens is 3. The van der Waals surface area contributed by atoms with E-state index in [4.69, 9.17) is 9.15 Å². The SMILES string of the molecule is Cc1nc(COc2cc(-n3ccccc3=O)ccn2)co1. The summed E-state index contributed by atoms with van der Waals surface area (Å²) in [6, 6.07) is 8.44. The number of aryl methyl sites for hydroxylation is 1. The molecule has 0 unspecified atom stereocenters. The van der Waals surface area contributed by atoms with Gasteiger partial charge in [0.25, 0.3) is 5.56 Å². The summed E-state index contributed by atoms with van der Waals surface area (Å²) in [4.78, 5) is 20.1. The Hall–Kier alpha value is -2.89. The van der Waals surface area contributed by atoms with Gasteiger partial charge in [0, 0.05) is 31.5 Å². The van der Waals surface area contributed by atoms with E-state index >= 15 is 0 Å². The van der Waals surface area contributed by atoms with E-state index in [1.165, 1.54) is 10.6 Å². The highest BCUT2D eigenvalue weighted by molar-refractivity contribution is 5.34. The zero-order chi connectivity index (χ0) is 14.7. The van der Waals surface area contributed by atoms with Crippen LogP contribution in [0.25, 0.3) is 5.69 Å². The first-order valence-corrected chi connectivity index (χ1v) is 6.40. The minimum Gasteiger partial charge on any atom is -0.471 e. The smallest absolute Gasteiger partial charge is 0.255 e. The van der Waals surface area contributed by atoms with Gasteiger partial charge in [0.15, 0.2) is 5.89 Å². The Morgan fingerprint density at radius 2 is 2.24 bits per heavy atom. The molecule has 0 radical (unpaired) electrons. The van der Waals surface area contributed by atoms with E-state index < -0.39 is 0 Å². The minimum absolute atomic E-state index is 0.109. The number of oxazole rings is 1. The second-order valence-corrected chi connectivity index (χ2v) is 4.41. The molecule has 3 aromatic heterocycles. The lowest BCUT2D eigenvalue weighted by Gasteiger charge is -2.07. The summed E-state index contributed by atoms with van der Waals surface area (Å²) < 4.78 is 12.2. The Balaban J connectivity index is 1.80.